The van der Waals surface area contributed by atoms with Crippen LogP contribution in [-0.2, 0) is 25.6 Å². The number of nitro benzene ring substituents is 1. The van der Waals surface area contributed by atoms with Crippen LogP contribution in [0.15, 0.2) is 18.2 Å². The third-order valence-corrected chi connectivity index (χ3v) is 4.77. The average molecular weight is 417 g/mol. The molecule has 1 aromatic carbocycles. The molecule has 1 aromatic heterocycles. The van der Waals surface area contributed by atoms with Crippen LogP contribution in [0.5, 0.6) is 0 Å². The van der Waals surface area contributed by atoms with Crippen molar-refractivity contribution < 1.29 is 22.9 Å². The van der Waals surface area contributed by atoms with Gasteiger partial charge in [-0.3, -0.25) is 19.6 Å². The molecule has 1 amide bonds. The van der Waals surface area contributed by atoms with E-state index in [1.807, 2.05) is 0 Å². The Bertz CT molecular complexity index is 927. The van der Waals surface area contributed by atoms with Gasteiger partial charge in [-0.25, -0.2) is 0 Å². The van der Waals surface area contributed by atoms with Crippen molar-refractivity contribution in [1.82, 2.24) is 15.1 Å². The fourth-order valence-electron chi connectivity index (χ4n) is 3.30. The van der Waals surface area contributed by atoms with Gasteiger partial charge in [-0.05, 0) is 37.8 Å². The predicted molar refractivity (Wildman–Crippen MR) is 94.3 cm³/mol. The van der Waals surface area contributed by atoms with Crippen molar-refractivity contribution in [2.75, 3.05) is 6.54 Å². The maximum atomic E-state index is 13.2. The number of amides is 1. The van der Waals surface area contributed by atoms with E-state index < -0.39 is 28.4 Å². The summed E-state index contributed by atoms with van der Waals surface area (Å²) in [7, 11) is 0. The Balaban J connectivity index is 1.74. The summed E-state index contributed by atoms with van der Waals surface area (Å²) in [6.07, 6.45) is -2.26. The highest BCUT2D eigenvalue weighted by atomic mass is 35.5. The number of hydrogen-bond acceptors (Lipinski definition) is 4. The van der Waals surface area contributed by atoms with E-state index in [1.54, 1.807) is 0 Å². The van der Waals surface area contributed by atoms with E-state index in [1.165, 1.54) is 16.8 Å². The van der Waals surface area contributed by atoms with Crippen LogP contribution in [0.1, 0.15) is 40.2 Å². The Labute approximate surface area is 162 Å². The minimum atomic E-state index is -4.53. The van der Waals surface area contributed by atoms with Gasteiger partial charge in [-0.15, -0.1) is 0 Å². The van der Waals surface area contributed by atoms with Crippen LogP contribution in [0.3, 0.4) is 0 Å². The van der Waals surface area contributed by atoms with Crippen molar-refractivity contribution in [3.8, 4) is 0 Å². The summed E-state index contributed by atoms with van der Waals surface area (Å²) in [5.41, 5.74) is -0.746. The van der Waals surface area contributed by atoms with Gasteiger partial charge < -0.3 is 5.32 Å². The van der Waals surface area contributed by atoms with E-state index in [9.17, 15) is 28.1 Å². The van der Waals surface area contributed by atoms with Crippen LogP contribution >= 0.6 is 11.6 Å². The van der Waals surface area contributed by atoms with Gasteiger partial charge in [0.15, 0.2) is 5.69 Å². The van der Waals surface area contributed by atoms with E-state index in [-0.39, 0.29) is 29.2 Å². The van der Waals surface area contributed by atoms with E-state index in [4.69, 9.17) is 11.6 Å². The number of fused-ring (bicyclic) bond motifs is 1. The molecule has 7 nitrogen and oxygen atoms in total. The number of carbonyl (C=O) groups is 1. The Kier molecular flexibility index (Phi) is 5.59. The minimum absolute atomic E-state index is 0.0263. The maximum absolute atomic E-state index is 13.2. The highest BCUT2D eigenvalue weighted by molar-refractivity contribution is 6.31. The molecule has 1 heterocycles. The summed E-state index contributed by atoms with van der Waals surface area (Å²) >= 11 is 5.80. The van der Waals surface area contributed by atoms with Gasteiger partial charge in [0.1, 0.15) is 5.56 Å². The summed E-state index contributed by atoms with van der Waals surface area (Å²) in [6.45, 7) is -0.00751. The monoisotopic (exact) mass is 416 g/mol. The minimum Gasteiger partial charge on any atom is -0.350 e. The van der Waals surface area contributed by atoms with Gasteiger partial charge in [0.05, 0.1) is 11.5 Å². The van der Waals surface area contributed by atoms with Crippen molar-refractivity contribution in [3.05, 3.63) is 55.9 Å². The van der Waals surface area contributed by atoms with Crippen molar-refractivity contribution in [2.24, 2.45) is 0 Å². The zero-order chi connectivity index (χ0) is 20.5. The van der Waals surface area contributed by atoms with Crippen LogP contribution in [0, 0.1) is 10.1 Å². The smallest absolute Gasteiger partial charge is 0.350 e. The molecule has 1 aliphatic carbocycles. The Morgan fingerprint density at radius 1 is 1.32 bits per heavy atom. The molecule has 150 valence electrons. The van der Waals surface area contributed by atoms with Crippen LogP contribution in [0.4, 0.5) is 18.9 Å². The molecule has 11 heteroatoms. The molecular formula is C17H16ClF3N4O3. The van der Waals surface area contributed by atoms with Crippen LogP contribution in [0.2, 0.25) is 5.02 Å². The summed E-state index contributed by atoms with van der Waals surface area (Å²) in [4.78, 5) is 22.6. The lowest BCUT2D eigenvalue weighted by Crippen LogP contribution is -2.28. The molecule has 3 rings (SSSR count). The number of nitrogens with one attached hydrogen (secondary N) is 1. The second-order valence-corrected chi connectivity index (χ2v) is 6.81. The van der Waals surface area contributed by atoms with Gasteiger partial charge in [-0.2, -0.15) is 18.3 Å². The first kappa shape index (κ1) is 20.1. The maximum Gasteiger partial charge on any atom is 0.435 e. The molecule has 2 aromatic rings. The molecule has 0 radical (unpaired) electrons. The molecule has 0 saturated carbocycles. The van der Waals surface area contributed by atoms with Crippen LogP contribution < -0.4 is 5.32 Å². The highest BCUT2D eigenvalue weighted by Crippen LogP contribution is 2.35. The normalized spacial score (nSPS) is 13.9. The molecule has 0 saturated heterocycles. The van der Waals surface area contributed by atoms with Gasteiger partial charge in [0, 0.05) is 28.9 Å². The number of hydrogen-bond donors (Lipinski definition) is 1. The fourth-order valence-corrected chi connectivity index (χ4v) is 3.48. The Morgan fingerprint density at radius 3 is 2.71 bits per heavy atom. The summed E-state index contributed by atoms with van der Waals surface area (Å²) in [5, 5.41) is 17.4. The number of nitrogens with zero attached hydrogens (tertiary/aromatic N) is 3. The average Bonchev–Trinajstić information content (AvgIpc) is 3.00. The van der Waals surface area contributed by atoms with E-state index in [0.29, 0.717) is 25.0 Å². The molecule has 1 aliphatic rings. The number of rotatable bonds is 5. The molecule has 1 N–H and O–H groups in total. The SMILES string of the molecule is O=C(NCCn1nc(C(F)(F)F)c2c1CCCC2)c1cc(Cl)ccc1[N+](=O)[O-]. The van der Waals surface area contributed by atoms with E-state index in [2.05, 4.69) is 10.4 Å². The Morgan fingerprint density at radius 2 is 2.04 bits per heavy atom. The van der Waals surface area contributed by atoms with Crippen molar-refractivity contribution in [2.45, 2.75) is 38.4 Å². The summed E-state index contributed by atoms with van der Waals surface area (Å²) in [5.74, 6) is -0.730. The molecule has 0 fully saturated rings. The zero-order valence-electron chi connectivity index (χ0n) is 14.6. The first-order valence-corrected chi connectivity index (χ1v) is 8.94. The number of halogens is 4. The summed E-state index contributed by atoms with van der Waals surface area (Å²) in [6, 6.07) is 3.59. The molecular weight excluding hydrogens is 401 g/mol. The number of alkyl halides is 3. The Hall–Kier alpha value is -2.62. The standard InChI is InChI=1S/C17H16ClF3N4O3/c18-10-5-6-14(25(27)28)12(9-10)16(26)22-7-8-24-13-4-2-1-3-11(13)15(23-24)17(19,20)21/h5-6,9H,1-4,7-8H2,(H,22,26). The van der Waals surface area contributed by atoms with Gasteiger partial charge >= 0.3 is 6.18 Å². The van der Waals surface area contributed by atoms with Crippen molar-refractivity contribution in [1.29, 1.82) is 0 Å². The first-order chi connectivity index (χ1) is 13.2. The quantitative estimate of drug-likeness (QED) is 0.593. The molecule has 0 bridgehead atoms. The number of benzene rings is 1. The van der Waals surface area contributed by atoms with Gasteiger partial charge in [0.2, 0.25) is 0 Å². The number of nitro groups is 1. The van der Waals surface area contributed by atoms with Crippen molar-refractivity contribution in [3.63, 3.8) is 0 Å². The molecule has 0 unspecified atom stereocenters. The predicted octanol–water partition coefficient (Wildman–Crippen LogP) is 3.77. The molecule has 0 spiro atoms. The number of aromatic nitrogens is 2. The molecule has 0 atom stereocenters. The van der Waals surface area contributed by atoms with E-state index in [0.717, 1.165) is 12.5 Å². The van der Waals surface area contributed by atoms with E-state index >= 15 is 0 Å². The fraction of sp³-hybridized carbons (Fsp3) is 0.412. The zero-order valence-corrected chi connectivity index (χ0v) is 15.3. The first-order valence-electron chi connectivity index (χ1n) is 8.56. The van der Waals surface area contributed by atoms with Crippen LogP contribution in [-0.4, -0.2) is 27.2 Å². The molecule has 0 aliphatic heterocycles. The lowest BCUT2D eigenvalue weighted by Gasteiger charge is -2.15. The lowest BCUT2D eigenvalue weighted by molar-refractivity contribution is -0.385. The van der Waals surface area contributed by atoms with Crippen molar-refractivity contribution >= 4 is 23.2 Å². The number of carbonyl (C=O) groups excluding carboxylic acids is 1. The van der Waals surface area contributed by atoms with Gasteiger partial charge in [-0.1, -0.05) is 11.6 Å². The third kappa shape index (κ3) is 4.11. The topological polar surface area (TPSA) is 90.1 Å². The van der Waals surface area contributed by atoms with Gasteiger partial charge in [0.25, 0.3) is 11.6 Å². The lowest BCUT2D eigenvalue weighted by atomic mass is 9.95. The third-order valence-electron chi connectivity index (χ3n) is 4.53. The highest BCUT2D eigenvalue weighted by Gasteiger charge is 2.39. The second-order valence-electron chi connectivity index (χ2n) is 6.38. The molecule has 28 heavy (non-hydrogen) atoms. The second kappa shape index (κ2) is 7.78. The van der Waals surface area contributed by atoms with Crippen LogP contribution in [0.25, 0.3) is 0 Å². The largest absolute Gasteiger partial charge is 0.435 e. The summed E-state index contributed by atoms with van der Waals surface area (Å²) < 4.78 is 40.9.